The average molecular weight is 363 g/mol. The monoisotopic (exact) mass is 363 g/mol. The van der Waals surface area contributed by atoms with Gasteiger partial charge in [-0.1, -0.05) is 60.7 Å². The average Bonchev–Trinajstić information content (AvgIpc) is 3.22. The predicted octanol–water partition coefficient (Wildman–Crippen LogP) is 3.15. The highest BCUT2D eigenvalue weighted by molar-refractivity contribution is 7.15. The maximum absolute atomic E-state index is 12.6. The van der Waals surface area contributed by atoms with Crippen LogP contribution in [0.1, 0.15) is 18.9 Å². The third-order valence-electron chi connectivity index (χ3n) is 3.86. The highest BCUT2D eigenvalue weighted by Crippen LogP contribution is 2.16. The molecule has 0 atom stereocenters. The van der Waals surface area contributed by atoms with E-state index in [1.54, 1.807) is 0 Å². The van der Waals surface area contributed by atoms with E-state index in [-0.39, 0.29) is 5.56 Å². The van der Waals surface area contributed by atoms with Crippen molar-refractivity contribution in [3.05, 3.63) is 75.0 Å². The van der Waals surface area contributed by atoms with E-state index in [4.69, 9.17) is 4.74 Å². The summed E-state index contributed by atoms with van der Waals surface area (Å²) in [5, 5.41) is 4.36. The van der Waals surface area contributed by atoms with Gasteiger partial charge in [-0.2, -0.15) is 9.50 Å². The summed E-state index contributed by atoms with van der Waals surface area (Å²) >= 11 is 1.34. The van der Waals surface area contributed by atoms with Gasteiger partial charge < -0.3 is 4.74 Å². The first-order chi connectivity index (χ1) is 12.7. The van der Waals surface area contributed by atoms with Gasteiger partial charge in [0.1, 0.15) is 5.75 Å². The molecule has 6 heteroatoms. The number of rotatable bonds is 5. The Bertz CT molecular complexity index is 1130. The number of aromatic nitrogens is 3. The van der Waals surface area contributed by atoms with Gasteiger partial charge in [-0.15, -0.1) is 5.10 Å². The normalized spacial score (nSPS) is 12.0. The van der Waals surface area contributed by atoms with Crippen LogP contribution in [0.2, 0.25) is 0 Å². The van der Waals surface area contributed by atoms with Crippen LogP contribution in [0.4, 0.5) is 0 Å². The molecule has 0 saturated heterocycles. The van der Waals surface area contributed by atoms with Gasteiger partial charge in [-0.25, -0.2) is 0 Å². The molecule has 2 aromatic carbocycles. The summed E-state index contributed by atoms with van der Waals surface area (Å²) < 4.78 is 7.56. The Morgan fingerprint density at radius 2 is 1.88 bits per heavy atom. The standard InChI is InChI=1S/C20H17N3O2S/c1-2-12-25-16-10-8-14(9-11-16)13-17-19(24)23-20(26-17)21-18(22-23)15-6-4-3-5-7-15/h3-11,13H,2,12H2,1H3/b17-13-. The number of hydrogen-bond acceptors (Lipinski definition) is 5. The summed E-state index contributed by atoms with van der Waals surface area (Å²) in [6.45, 7) is 2.77. The number of thiazole rings is 1. The van der Waals surface area contributed by atoms with Crippen molar-refractivity contribution in [1.29, 1.82) is 0 Å². The van der Waals surface area contributed by atoms with Crippen LogP contribution in [0.15, 0.2) is 59.4 Å². The molecule has 0 amide bonds. The molecule has 26 heavy (non-hydrogen) atoms. The summed E-state index contributed by atoms with van der Waals surface area (Å²) in [6, 6.07) is 17.4. The Morgan fingerprint density at radius 3 is 2.58 bits per heavy atom. The first-order valence-electron chi connectivity index (χ1n) is 8.44. The Kier molecular flexibility index (Phi) is 4.50. The highest BCUT2D eigenvalue weighted by Gasteiger charge is 2.11. The van der Waals surface area contributed by atoms with E-state index in [9.17, 15) is 4.79 Å². The first kappa shape index (κ1) is 16.5. The number of fused-ring (bicyclic) bond motifs is 1. The molecule has 0 fully saturated rings. The lowest BCUT2D eigenvalue weighted by Gasteiger charge is -2.03. The molecule has 0 radical (unpaired) electrons. The number of hydrogen-bond donors (Lipinski definition) is 0. The molecular weight excluding hydrogens is 346 g/mol. The second kappa shape index (κ2) is 7.09. The minimum absolute atomic E-state index is 0.147. The van der Waals surface area contributed by atoms with Crippen LogP contribution in [0.25, 0.3) is 22.4 Å². The van der Waals surface area contributed by atoms with Crippen LogP contribution in [0.3, 0.4) is 0 Å². The van der Waals surface area contributed by atoms with Crippen molar-refractivity contribution in [1.82, 2.24) is 14.6 Å². The summed E-state index contributed by atoms with van der Waals surface area (Å²) in [4.78, 5) is 17.7. The largest absolute Gasteiger partial charge is 0.494 e. The van der Waals surface area contributed by atoms with Gasteiger partial charge in [0.15, 0.2) is 5.82 Å². The van der Waals surface area contributed by atoms with E-state index in [0.29, 0.717) is 21.9 Å². The van der Waals surface area contributed by atoms with Gasteiger partial charge in [0.2, 0.25) is 4.96 Å². The zero-order valence-electron chi connectivity index (χ0n) is 14.3. The third-order valence-corrected chi connectivity index (χ3v) is 4.82. The van der Waals surface area contributed by atoms with Crippen molar-refractivity contribution in [3.8, 4) is 17.1 Å². The maximum atomic E-state index is 12.6. The molecule has 4 rings (SSSR count). The van der Waals surface area contributed by atoms with Gasteiger partial charge in [-0.05, 0) is 30.2 Å². The zero-order chi connectivity index (χ0) is 17.9. The molecular formula is C20H17N3O2S. The van der Waals surface area contributed by atoms with Gasteiger partial charge in [-0.3, -0.25) is 4.79 Å². The molecule has 0 unspecified atom stereocenters. The van der Waals surface area contributed by atoms with E-state index >= 15 is 0 Å². The van der Waals surface area contributed by atoms with Crippen LogP contribution in [-0.4, -0.2) is 21.2 Å². The molecule has 0 aliphatic carbocycles. The topological polar surface area (TPSA) is 56.5 Å². The van der Waals surface area contributed by atoms with Gasteiger partial charge >= 0.3 is 0 Å². The van der Waals surface area contributed by atoms with Crippen molar-refractivity contribution < 1.29 is 4.74 Å². The van der Waals surface area contributed by atoms with Crippen LogP contribution >= 0.6 is 11.3 Å². The van der Waals surface area contributed by atoms with Crippen molar-refractivity contribution in [2.24, 2.45) is 0 Å². The number of nitrogens with zero attached hydrogens (tertiary/aromatic N) is 3. The van der Waals surface area contributed by atoms with Gasteiger partial charge in [0, 0.05) is 5.56 Å². The Balaban J connectivity index is 1.67. The molecule has 5 nitrogen and oxygen atoms in total. The fourth-order valence-electron chi connectivity index (χ4n) is 2.57. The lowest BCUT2D eigenvalue weighted by Crippen LogP contribution is -2.23. The van der Waals surface area contributed by atoms with Crippen LogP contribution in [0.5, 0.6) is 5.75 Å². The van der Waals surface area contributed by atoms with Crippen molar-refractivity contribution >= 4 is 22.4 Å². The second-order valence-corrected chi connectivity index (χ2v) is 6.84. The Morgan fingerprint density at radius 1 is 1.12 bits per heavy atom. The van der Waals surface area contributed by atoms with Gasteiger partial charge in [0.25, 0.3) is 5.56 Å². The minimum Gasteiger partial charge on any atom is -0.494 e. The summed E-state index contributed by atoms with van der Waals surface area (Å²) in [5.41, 5.74) is 1.70. The fourth-order valence-corrected chi connectivity index (χ4v) is 3.48. The van der Waals surface area contributed by atoms with E-state index in [0.717, 1.165) is 23.3 Å². The van der Waals surface area contributed by atoms with Crippen LogP contribution in [-0.2, 0) is 0 Å². The summed E-state index contributed by atoms with van der Waals surface area (Å²) in [5.74, 6) is 1.40. The number of benzene rings is 2. The van der Waals surface area contributed by atoms with Crippen molar-refractivity contribution in [2.45, 2.75) is 13.3 Å². The van der Waals surface area contributed by atoms with Crippen LogP contribution in [0, 0.1) is 0 Å². The van der Waals surface area contributed by atoms with Gasteiger partial charge in [0.05, 0.1) is 11.1 Å². The van der Waals surface area contributed by atoms with Crippen molar-refractivity contribution in [2.75, 3.05) is 6.61 Å². The van der Waals surface area contributed by atoms with E-state index in [2.05, 4.69) is 17.0 Å². The zero-order valence-corrected chi connectivity index (χ0v) is 15.1. The summed E-state index contributed by atoms with van der Waals surface area (Å²) in [7, 11) is 0. The quantitative estimate of drug-likeness (QED) is 0.547. The molecule has 0 N–H and O–H groups in total. The molecule has 0 aliphatic heterocycles. The molecule has 0 spiro atoms. The predicted molar refractivity (Wildman–Crippen MR) is 104 cm³/mol. The molecule has 130 valence electrons. The van der Waals surface area contributed by atoms with Crippen LogP contribution < -0.4 is 14.8 Å². The second-order valence-electron chi connectivity index (χ2n) is 5.83. The summed E-state index contributed by atoms with van der Waals surface area (Å²) in [6.07, 6.45) is 2.83. The number of ether oxygens (including phenoxy) is 1. The fraction of sp³-hybridized carbons (Fsp3) is 0.150. The lowest BCUT2D eigenvalue weighted by molar-refractivity contribution is 0.317. The third kappa shape index (κ3) is 3.23. The molecule has 2 heterocycles. The minimum atomic E-state index is -0.147. The molecule has 0 bridgehead atoms. The first-order valence-corrected chi connectivity index (χ1v) is 9.26. The molecule has 4 aromatic rings. The Hall–Kier alpha value is -2.99. The molecule has 0 aliphatic rings. The molecule has 0 saturated carbocycles. The SMILES string of the molecule is CCCOc1ccc(/C=c2\sc3nc(-c4ccccc4)nn3c2=O)cc1. The van der Waals surface area contributed by atoms with E-state index < -0.39 is 0 Å². The smallest absolute Gasteiger partial charge is 0.291 e. The maximum Gasteiger partial charge on any atom is 0.291 e. The van der Waals surface area contributed by atoms with E-state index in [1.807, 2.05) is 60.7 Å². The lowest BCUT2D eigenvalue weighted by atomic mass is 10.2. The highest BCUT2D eigenvalue weighted by atomic mass is 32.1. The van der Waals surface area contributed by atoms with E-state index in [1.165, 1.54) is 15.9 Å². The molecule has 2 aromatic heterocycles. The van der Waals surface area contributed by atoms with Crippen molar-refractivity contribution in [3.63, 3.8) is 0 Å². The Labute approximate surface area is 154 Å².